The van der Waals surface area contributed by atoms with E-state index in [1.165, 1.54) is 0 Å². The Morgan fingerprint density at radius 1 is 1.60 bits per heavy atom. The van der Waals surface area contributed by atoms with E-state index >= 15 is 0 Å². The van der Waals surface area contributed by atoms with Crippen LogP contribution in [0.1, 0.15) is 12.8 Å². The Hall–Kier alpha value is -0.190. The van der Waals surface area contributed by atoms with E-state index in [0.29, 0.717) is 6.61 Å². The van der Waals surface area contributed by atoms with Gasteiger partial charge in [-0.15, -0.1) is 0 Å². The summed E-state index contributed by atoms with van der Waals surface area (Å²) in [5, 5.41) is 0. The van der Waals surface area contributed by atoms with E-state index < -0.39 is 0 Å². The standard InChI is InChI=1S/C6H13NO2.FH/c1-8-4-5-2-3-6(7)9-5;/h5-6H,2-4,7H2,1H3;1H/t5-,6+;/m0./s1. The molecule has 1 aliphatic rings. The fraction of sp³-hybridized carbons (Fsp3) is 1.00. The molecular formula is C6H14FNO2. The van der Waals surface area contributed by atoms with Crippen molar-refractivity contribution in [3.8, 4) is 0 Å². The molecule has 0 aliphatic carbocycles. The van der Waals surface area contributed by atoms with E-state index in [1.807, 2.05) is 0 Å². The van der Waals surface area contributed by atoms with Crippen LogP contribution in [0.15, 0.2) is 0 Å². The summed E-state index contributed by atoms with van der Waals surface area (Å²) in [6.45, 7) is 0.674. The van der Waals surface area contributed by atoms with Crippen molar-refractivity contribution in [1.82, 2.24) is 0 Å². The molecule has 0 aromatic heterocycles. The molecule has 0 aromatic carbocycles. The highest BCUT2D eigenvalue weighted by Gasteiger charge is 2.21. The van der Waals surface area contributed by atoms with Crippen molar-refractivity contribution in [3.63, 3.8) is 0 Å². The lowest BCUT2D eigenvalue weighted by Crippen LogP contribution is -2.21. The number of rotatable bonds is 2. The van der Waals surface area contributed by atoms with Gasteiger partial charge in [-0.05, 0) is 12.8 Å². The molecule has 2 atom stereocenters. The summed E-state index contributed by atoms with van der Waals surface area (Å²) in [7, 11) is 1.67. The van der Waals surface area contributed by atoms with Gasteiger partial charge < -0.3 is 15.2 Å². The van der Waals surface area contributed by atoms with Crippen LogP contribution in [0.5, 0.6) is 0 Å². The SMILES string of the molecule is COC[C@@H]1CC[C@H](N)O1.F. The topological polar surface area (TPSA) is 44.5 Å². The van der Waals surface area contributed by atoms with E-state index in [-0.39, 0.29) is 17.0 Å². The van der Waals surface area contributed by atoms with E-state index in [1.54, 1.807) is 7.11 Å². The Bertz CT molecular complexity index is 89.8. The second kappa shape index (κ2) is 4.60. The fourth-order valence-corrected chi connectivity index (χ4v) is 1.04. The average Bonchev–Trinajstić information content (AvgIpc) is 2.17. The number of hydrogen-bond acceptors (Lipinski definition) is 3. The summed E-state index contributed by atoms with van der Waals surface area (Å²) in [4.78, 5) is 0. The Morgan fingerprint density at radius 2 is 2.30 bits per heavy atom. The summed E-state index contributed by atoms with van der Waals surface area (Å²) < 4.78 is 10.1. The maximum Gasteiger partial charge on any atom is 0.106 e. The zero-order chi connectivity index (χ0) is 6.69. The van der Waals surface area contributed by atoms with E-state index in [2.05, 4.69) is 0 Å². The number of nitrogens with two attached hydrogens (primary N) is 1. The molecule has 10 heavy (non-hydrogen) atoms. The molecule has 0 amide bonds. The van der Waals surface area contributed by atoms with Crippen molar-refractivity contribution in [2.24, 2.45) is 5.73 Å². The second-order valence-electron chi connectivity index (χ2n) is 2.33. The van der Waals surface area contributed by atoms with Crippen LogP contribution in [0, 0.1) is 0 Å². The Morgan fingerprint density at radius 3 is 2.70 bits per heavy atom. The Labute approximate surface area is 59.9 Å². The summed E-state index contributed by atoms with van der Waals surface area (Å²) in [6.07, 6.45) is 2.19. The molecule has 2 N–H and O–H groups in total. The van der Waals surface area contributed by atoms with Gasteiger partial charge in [0.2, 0.25) is 0 Å². The maximum absolute atomic E-state index is 5.48. The Kier molecular flexibility index (Phi) is 4.51. The minimum atomic E-state index is -0.0508. The molecule has 0 spiro atoms. The lowest BCUT2D eigenvalue weighted by atomic mass is 10.2. The zero-order valence-electron chi connectivity index (χ0n) is 6.08. The molecule has 0 radical (unpaired) electrons. The van der Waals surface area contributed by atoms with Gasteiger partial charge in [0.15, 0.2) is 0 Å². The van der Waals surface area contributed by atoms with Crippen LogP contribution in [-0.2, 0) is 9.47 Å². The number of halogens is 1. The minimum Gasteiger partial charge on any atom is -0.382 e. The Balaban J connectivity index is 0.000000810. The van der Waals surface area contributed by atoms with Gasteiger partial charge in [-0.3, -0.25) is 4.70 Å². The minimum absolute atomic E-state index is 0. The third kappa shape index (κ3) is 2.60. The van der Waals surface area contributed by atoms with Crippen molar-refractivity contribution in [3.05, 3.63) is 0 Å². The van der Waals surface area contributed by atoms with Crippen LogP contribution in [0.25, 0.3) is 0 Å². The van der Waals surface area contributed by atoms with Gasteiger partial charge in [0.25, 0.3) is 0 Å². The van der Waals surface area contributed by atoms with Crippen LogP contribution >= 0.6 is 0 Å². The largest absolute Gasteiger partial charge is 0.382 e. The molecule has 1 saturated heterocycles. The van der Waals surface area contributed by atoms with Crippen molar-refractivity contribution in [2.75, 3.05) is 13.7 Å². The van der Waals surface area contributed by atoms with Gasteiger partial charge in [-0.2, -0.15) is 0 Å². The predicted octanol–water partition coefficient (Wildman–Crippen LogP) is 0.249. The molecule has 0 saturated carbocycles. The van der Waals surface area contributed by atoms with E-state index in [0.717, 1.165) is 12.8 Å². The number of methoxy groups -OCH3 is 1. The quantitative estimate of drug-likeness (QED) is 0.615. The first-order valence-corrected chi connectivity index (χ1v) is 3.23. The lowest BCUT2D eigenvalue weighted by molar-refractivity contribution is 0.00120. The molecular weight excluding hydrogens is 137 g/mol. The highest BCUT2D eigenvalue weighted by atomic mass is 19.0. The van der Waals surface area contributed by atoms with Crippen LogP contribution in [-0.4, -0.2) is 26.0 Å². The normalized spacial score (nSPS) is 31.8. The first-order chi connectivity index (χ1) is 4.33. The van der Waals surface area contributed by atoms with Crippen molar-refractivity contribution < 1.29 is 14.2 Å². The fourth-order valence-electron chi connectivity index (χ4n) is 1.04. The van der Waals surface area contributed by atoms with Gasteiger partial charge in [0.1, 0.15) is 6.23 Å². The van der Waals surface area contributed by atoms with Crippen LogP contribution < -0.4 is 5.73 Å². The molecule has 0 unspecified atom stereocenters. The molecule has 62 valence electrons. The van der Waals surface area contributed by atoms with Crippen LogP contribution in [0.3, 0.4) is 0 Å². The highest BCUT2D eigenvalue weighted by Crippen LogP contribution is 2.15. The van der Waals surface area contributed by atoms with Crippen molar-refractivity contribution >= 4 is 0 Å². The highest BCUT2D eigenvalue weighted by molar-refractivity contribution is 4.68. The second-order valence-corrected chi connectivity index (χ2v) is 2.33. The third-order valence-corrected chi connectivity index (χ3v) is 1.49. The smallest absolute Gasteiger partial charge is 0.106 e. The number of hydrogen-bond donors (Lipinski definition) is 1. The van der Waals surface area contributed by atoms with Gasteiger partial charge in [-0.1, -0.05) is 0 Å². The van der Waals surface area contributed by atoms with E-state index in [9.17, 15) is 0 Å². The third-order valence-electron chi connectivity index (χ3n) is 1.49. The van der Waals surface area contributed by atoms with Gasteiger partial charge >= 0.3 is 0 Å². The molecule has 1 heterocycles. The zero-order valence-corrected chi connectivity index (χ0v) is 6.08. The van der Waals surface area contributed by atoms with Gasteiger partial charge in [0.05, 0.1) is 12.7 Å². The van der Waals surface area contributed by atoms with Gasteiger partial charge in [-0.25, -0.2) is 0 Å². The van der Waals surface area contributed by atoms with Crippen molar-refractivity contribution in [2.45, 2.75) is 25.2 Å². The predicted molar refractivity (Wildman–Crippen MR) is 36.5 cm³/mol. The molecule has 1 fully saturated rings. The summed E-state index contributed by atoms with van der Waals surface area (Å²) in [5.41, 5.74) is 5.48. The van der Waals surface area contributed by atoms with Gasteiger partial charge in [0, 0.05) is 7.11 Å². The molecule has 1 aliphatic heterocycles. The summed E-state index contributed by atoms with van der Waals surface area (Å²) in [6, 6.07) is 0. The van der Waals surface area contributed by atoms with E-state index in [4.69, 9.17) is 15.2 Å². The molecule has 0 bridgehead atoms. The van der Waals surface area contributed by atoms with Crippen LogP contribution in [0.4, 0.5) is 4.70 Å². The lowest BCUT2D eigenvalue weighted by Gasteiger charge is -2.07. The molecule has 3 nitrogen and oxygen atoms in total. The molecule has 1 rings (SSSR count). The first kappa shape index (κ1) is 9.81. The van der Waals surface area contributed by atoms with Crippen molar-refractivity contribution in [1.29, 1.82) is 0 Å². The maximum atomic E-state index is 5.48. The number of ether oxygens (including phenoxy) is 2. The average molecular weight is 151 g/mol. The summed E-state index contributed by atoms with van der Waals surface area (Å²) in [5.74, 6) is 0. The monoisotopic (exact) mass is 151 g/mol. The molecule has 4 heteroatoms. The first-order valence-electron chi connectivity index (χ1n) is 3.23. The molecule has 0 aromatic rings. The van der Waals surface area contributed by atoms with Crippen LogP contribution in [0.2, 0.25) is 0 Å². The summed E-state index contributed by atoms with van der Waals surface area (Å²) >= 11 is 0.